The van der Waals surface area contributed by atoms with Gasteiger partial charge in [-0.25, -0.2) is 4.98 Å². The molecule has 6 heteroatoms. The van der Waals surface area contributed by atoms with Crippen molar-refractivity contribution in [2.24, 2.45) is 7.05 Å². The number of nitrogens with zero attached hydrogens (tertiary/aromatic N) is 3. The Morgan fingerprint density at radius 1 is 1.37 bits per heavy atom. The molecule has 19 heavy (non-hydrogen) atoms. The highest BCUT2D eigenvalue weighted by atomic mass is 35.5. The number of aromatic nitrogens is 2. The summed E-state index contributed by atoms with van der Waals surface area (Å²) in [6.45, 7) is 2.46. The van der Waals surface area contributed by atoms with Gasteiger partial charge in [-0.15, -0.1) is 0 Å². The van der Waals surface area contributed by atoms with Crippen LogP contribution in [-0.2, 0) is 11.8 Å². The molecule has 0 bridgehead atoms. The average Bonchev–Trinajstić information content (AvgIpc) is 2.75. The highest BCUT2D eigenvalue weighted by Crippen LogP contribution is 2.20. The Balaban J connectivity index is 2.00. The molecule has 0 spiro atoms. The third-order valence-corrected chi connectivity index (χ3v) is 3.59. The summed E-state index contributed by atoms with van der Waals surface area (Å²) in [5.41, 5.74) is 2.28. The quantitative estimate of drug-likeness (QED) is 0.747. The van der Waals surface area contributed by atoms with Crippen molar-refractivity contribution in [2.75, 3.05) is 26.3 Å². The molecule has 1 aliphatic heterocycles. The first-order chi connectivity index (χ1) is 9.16. The topological polar surface area (TPSA) is 47.4 Å². The van der Waals surface area contributed by atoms with Crippen LogP contribution in [0.25, 0.3) is 11.0 Å². The van der Waals surface area contributed by atoms with Crippen molar-refractivity contribution < 1.29 is 9.53 Å². The van der Waals surface area contributed by atoms with Crippen molar-refractivity contribution >= 4 is 28.5 Å². The molecule has 2 aromatic heterocycles. The predicted molar refractivity (Wildman–Crippen MR) is 72.4 cm³/mol. The minimum Gasteiger partial charge on any atom is -0.378 e. The van der Waals surface area contributed by atoms with Crippen LogP contribution in [-0.4, -0.2) is 46.7 Å². The van der Waals surface area contributed by atoms with Gasteiger partial charge in [0.2, 0.25) is 0 Å². The van der Waals surface area contributed by atoms with Crippen molar-refractivity contribution in [3.05, 3.63) is 29.0 Å². The molecule has 0 unspecified atom stereocenters. The zero-order chi connectivity index (χ0) is 13.4. The summed E-state index contributed by atoms with van der Waals surface area (Å²) in [6.07, 6.45) is 0. The molecule has 0 radical (unpaired) electrons. The monoisotopic (exact) mass is 279 g/mol. The summed E-state index contributed by atoms with van der Waals surface area (Å²) in [5.74, 6) is 0.0138. The first-order valence-corrected chi connectivity index (χ1v) is 6.53. The molecule has 0 aliphatic carbocycles. The molecule has 3 rings (SSSR count). The minimum atomic E-state index is 0.0138. The molecule has 0 saturated carbocycles. The van der Waals surface area contributed by atoms with E-state index in [-0.39, 0.29) is 5.91 Å². The van der Waals surface area contributed by atoms with Gasteiger partial charge in [-0.05, 0) is 18.2 Å². The smallest absolute Gasteiger partial charge is 0.270 e. The van der Waals surface area contributed by atoms with Crippen molar-refractivity contribution in [3.8, 4) is 0 Å². The van der Waals surface area contributed by atoms with Gasteiger partial charge >= 0.3 is 0 Å². The fourth-order valence-corrected chi connectivity index (χ4v) is 2.48. The predicted octanol–water partition coefficient (Wildman–Crippen LogP) is 1.70. The number of carbonyl (C=O) groups excluding carboxylic acids is 1. The Morgan fingerprint density at radius 3 is 2.84 bits per heavy atom. The lowest BCUT2D eigenvalue weighted by Gasteiger charge is -2.26. The SMILES string of the molecule is Cn1c(C(=O)N2CCOCC2)cc2nc(Cl)ccc21. The molecular formula is C13H14ClN3O2. The van der Waals surface area contributed by atoms with E-state index in [1.807, 2.05) is 17.7 Å². The third kappa shape index (κ3) is 2.19. The molecule has 0 aromatic carbocycles. The molecule has 2 aromatic rings. The second-order valence-corrected chi connectivity index (χ2v) is 4.92. The third-order valence-electron chi connectivity index (χ3n) is 3.38. The van der Waals surface area contributed by atoms with Crippen LogP contribution in [0.1, 0.15) is 10.5 Å². The number of amides is 1. The number of pyridine rings is 1. The summed E-state index contributed by atoms with van der Waals surface area (Å²) in [4.78, 5) is 18.5. The minimum absolute atomic E-state index is 0.0138. The van der Waals surface area contributed by atoms with Gasteiger partial charge in [0.15, 0.2) is 0 Å². The van der Waals surface area contributed by atoms with Crippen LogP contribution in [0.5, 0.6) is 0 Å². The van der Waals surface area contributed by atoms with E-state index in [1.54, 1.807) is 17.0 Å². The second-order valence-electron chi connectivity index (χ2n) is 4.53. The fourth-order valence-electron chi connectivity index (χ4n) is 2.32. The van der Waals surface area contributed by atoms with E-state index in [1.165, 1.54) is 0 Å². The van der Waals surface area contributed by atoms with Crippen LogP contribution in [0.2, 0.25) is 5.15 Å². The zero-order valence-corrected chi connectivity index (χ0v) is 11.4. The second kappa shape index (κ2) is 4.83. The number of rotatable bonds is 1. The Bertz CT molecular complexity index is 632. The summed E-state index contributed by atoms with van der Waals surface area (Å²) < 4.78 is 7.12. The van der Waals surface area contributed by atoms with E-state index < -0.39 is 0 Å². The van der Waals surface area contributed by atoms with Gasteiger partial charge in [-0.2, -0.15) is 0 Å². The highest BCUT2D eigenvalue weighted by Gasteiger charge is 2.22. The summed E-state index contributed by atoms with van der Waals surface area (Å²) in [7, 11) is 1.87. The standard InChI is InChI=1S/C13H14ClN3O2/c1-16-10-2-3-12(14)15-9(10)8-11(16)13(18)17-4-6-19-7-5-17/h2-3,8H,4-7H2,1H3. The van der Waals surface area contributed by atoms with Crippen molar-refractivity contribution in [1.82, 2.24) is 14.5 Å². The number of morpholine rings is 1. The number of carbonyl (C=O) groups is 1. The lowest BCUT2D eigenvalue weighted by atomic mass is 10.3. The van der Waals surface area contributed by atoms with E-state index in [2.05, 4.69) is 4.98 Å². The molecule has 1 saturated heterocycles. The molecule has 0 atom stereocenters. The van der Waals surface area contributed by atoms with Crippen molar-refractivity contribution in [1.29, 1.82) is 0 Å². The van der Waals surface area contributed by atoms with Crippen LogP contribution in [0, 0.1) is 0 Å². The maximum Gasteiger partial charge on any atom is 0.270 e. The van der Waals surface area contributed by atoms with Gasteiger partial charge in [0.25, 0.3) is 5.91 Å². The van der Waals surface area contributed by atoms with Crippen molar-refractivity contribution in [3.63, 3.8) is 0 Å². The fraction of sp³-hybridized carbons (Fsp3) is 0.385. The summed E-state index contributed by atoms with van der Waals surface area (Å²) >= 11 is 5.88. The largest absolute Gasteiger partial charge is 0.378 e. The van der Waals surface area contributed by atoms with Crippen LogP contribution < -0.4 is 0 Å². The number of hydrogen-bond acceptors (Lipinski definition) is 3. The Labute approximate surface area is 115 Å². The number of hydrogen-bond donors (Lipinski definition) is 0. The first kappa shape index (κ1) is 12.4. The summed E-state index contributed by atoms with van der Waals surface area (Å²) in [5, 5.41) is 0.434. The first-order valence-electron chi connectivity index (χ1n) is 6.16. The van der Waals surface area contributed by atoms with Crippen LogP contribution >= 0.6 is 11.6 Å². The van der Waals surface area contributed by atoms with E-state index in [9.17, 15) is 4.79 Å². The number of fused-ring (bicyclic) bond motifs is 1. The van der Waals surface area contributed by atoms with Gasteiger partial charge < -0.3 is 14.2 Å². The Kier molecular flexibility index (Phi) is 3.16. The molecule has 1 fully saturated rings. The van der Waals surface area contributed by atoms with Crippen LogP contribution in [0.3, 0.4) is 0 Å². The van der Waals surface area contributed by atoms with E-state index in [0.29, 0.717) is 37.2 Å². The molecule has 0 N–H and O–H groups in total. The van der Waals surface area contributed by atoms with Crippen molar-refractivity contribution in [2.45, 2.75) is 0 Å². The number of halogens is 1. The average molecular weight is 280 g/mol. The van der Waals surface area contributed by atoms with E-state index in [4.69, 9.17) is 16.3 Å². The van der Waals surface area contributed by atoms with E-state index in [0.717, 1.165) is 11.0 Å². The van der Waals surface area contributed by atoms with Gasteiger partial charge in [0.05, 0.1) is 24.2 Å². The molecule has 5 nitrogen and oxygen atoms in total. The molecule has 1 aliphatic rings. The van der Waals surface area contributed by atoms with E-state index >= 15 is 0 Å². The van der Waals surface area contributed by atoms with Gasteiger partial charge in [-0.1, -0.05) is 11.6 Å². The van der Waals surface area contributed by atoms with Crippen LogP contribution in [0.4, 0.5) is 0 Å². The number of aryl methyl sites for hydroxylation is 1. The normalized spacial score (nSPS) is 16.0. The molecular weight excluding hydrogens is 266 g/mol. The zero-order valence-electron chi connectivity index (χ0n) is 10.6. The number of ether oxygens (including phenoxy) is 1. The Morgan fingerprint density at radius 2 is 2.11 bits per heavy atom. The highest BCUT2D eigenvalue weighted by molar-refractivity contribution is 6.29. The summed E-state index contributed by atoms with van der Waals surface area (Å²) in [6, 6.07) is 5.40. The van der Waals surface area contributed by atoms with Crippen LogP contribution in [0.15, 0.2) is 18.2 Å². The lowest BCUT2D eigenvalue weighted by molar-refractivity contribution is 0.0297. The lowest BCUT2D eigenvalue weighted by Crippen LogP contribution is -2.41. The maximum absolute atomic E-state index is 12.5. The molecule has 3 heterocycles. The molecule has 1 amide bonds. The van der Waals surface area contributed by atoms with Gasteiger partial charge in [0, 0.05) is 20.1 Å². The maximum atomic E-state index is 12.5. The Hall–Kier alpha value is -1.59. The van der Waals surface area contributed by atoms with Gasteiger partial charge in [-0.3, -0.25) is 4.79 Å². The molecule has 100 valence electrons. The van der Waals surface area contributed by atoms with Gasteiger partial charge in [0.1, 0.15) is 10.8 Å².